The Labute approximate surface area is 162 Å². The molecule has 0 saturated carbocycles. The number of likely N-dealkylation sites (tertiary alicyclic amines) is 1. The molecule has 28 heavy (non-hydrogen) atoms. The topological polar surface area (TPSA) is 67.9 Å². The Morgan fingerprint density at radius 2 is 1.93 bits per heavy atom. The molecule has 6 nitrogen and oxygen atoms in total. The molecule has 0 bridgehead atoms. The molecule has 1 saturated heterocycles. The molecule has 0 aliphatic carbocycles. The summed E-state index contributed by atoms with van der Waals surface area (Å²) in [6, 6.07) is 8.17. The molecule has 1 aliphatic heterocycles. The normalized spacial score (nSPS) is 20.9. The number of nitrogens with one attached hydrogen (secondary N) is 1. The van der Waals surface area contributed by atoms with Crippen LogP contribution in [0.4, 0.5) is 18.0 Å². The number of esters is 1. The fourth-order valence-corrected chi connectivity index (χ4v) is 3.22. The molecular formula is C19H25F3N2O4. The number of rotatable bonds is 6. The van der Waals surface area contributed by atoms with Crippen LogP contribution >= 0.6 is 0 Å². The van der Waals surface area contributed by atoms with Gasteiger partial charge < -0.3 is 14.8 Å². The van der Waals surface area contributed by atoms with Crippen LogP contribution in [0.15, 0.2) is 30.3 Å². The minimum absolute atomic E-state index is 0.0235. The standard InChI is InChI=1S/C19H25F3N2O4/c1-2-27-17(25)15-9-6-10-24(13-19(20,21)22)11-16(15)23-18(26)28-12-14-7-4-3-5-8-14/h3-5,7-8,15-16H,2,6,9-13H2,1H3,(H,23,26)/t15-,16+/m0/s1. The summed E-state index contributed by atoms with van der Waals surface area (Å²) >= 11 is 0. The largest absolute Gasteiger partial charge is 0.466 e. The van der Waals surface area contributed by atoms with Gasteiger partial charge in [0, 0.05) is 6.54 Å². The average Bonchev–Trinajstić information content (AvgIpc) is 2.81. The number of alkyl halides is 3. The van der Waals surface area contributed by atoms with Crippen LogP contribution in [-0.2, 0) is 20.9 Å². The zero-order chi connectivity index (χ0) is 20.6. The summed E-state index contributed by atoms with van der Waals surface area (Å²) in [6.07, 6.45) is -4.41. The first-order chi connectivity index (χ1) is 13.3. The lowest BCUT2D eigenvalue weighted by Crippen LogP contribution is -2.50. The molecule has 1 fully saturated rings. The number of benzene rings is 1. The first-order valence-electron chi connectivity index (χ1n) is 9.21. The Kier molecular flexibility index (Phi) is 8.10. The van der Waals surface area contributed by atoms with Crippen LogP contribution < -0.4 is 5.32 Å². The van der Waals surface area contributed by atoms with Crippen molar-refractivity contribution in [3.8, 4) is 0 Å². The van der Waals surface area contributed by atoms with E-state index in [1.165, 1.54) is 4.90 Å². The molecule has 1 heterocycles. The molecule has 156 valence electrons. The van der Waals surface area contributed by atoms with Crippen molar-refractivity contribution in [2.45, 2.75) is 38.6 Å². The Morgan fingerprint density at radius 1 is 1.21 bits per heavy atom. The molecular weight excluding hydrogens is 377 g/mol. The molecule has 1 N–H and O–H groups in total. The number of amides is 1. The Hall–Kier alpha value is -2.29. The number of hydrogen-bond acceptors (Lipinski definition) is 5. The van der Waals surface area contributed by atoms with Gasteiger partial charge in [0.15, 0.2) is 0 Å². The highest BCUT2D eigenvalue weighted by Crippen LogP contribution is 2.23. The average molecular weight is 402 g/mol. The lowest BCUT2D eigenvalue weighted by atomic mass is 9.96. The monoisotopic (exact) mass is 402 g/mol. The maximum atomic E-state index is 12.8. The summed E-state index contributed by atoms with van der Waals surface area (Å²) in [4.78, 5) is 25.6. The van der Waals surface area contributed by atoms with E-state index in [9.17, 15) is 22.8 Å². The van der Waals surface area contributed by atoms with Crippen LogP contribution in [0.3, 0.4) is 0 Å². The summed E-state index contributed by atoms with van der Waals surface area (Å²) in [5, 5.41) is 2.56. The Morgan fingerprint density at radius 3 is 2.57 bits per heavy atom. The Bertz CT molecular complexity index is 640. The maximum absolute atomic E-state index is 12.8. The van der Waals surface area contributed by atoms with Crippen LogP contribution in [0.5, 0.6) is 0 Å². The van der Waals surface area contributed by atoms with Crippen LogP contribution in [0.25, 0.3) is 0 Å². The first kappa shape index (κ1) is 22.0. The van der Waals surface area contributed by atoms with E-state index in [0.717, 1.165) is 5.56 Å². The molecule has 0 radical (unpaired) electrons. The second-order valence-electron chi connectivity index (χ2n) is 6.66. The van der Waals surface area contributed by atoms with E-state index in [4.69, 9.17) is 9.47 Å². The number of ether oxygens (including phenoxy) is 2. The third-order valence-electron chi connectivity index (χ3n) is 4.44. The zero-order valence-electron chi connectivity index (χ0n) is 15.7. The molecule has 9 heteroatoms. The number of halogens is 3. The van der Waals surface area contributed by atoms with E-state index < -0.39 is 36.7 Å². The number of nitrogens with zero attached hydrogens (tertiary/aromatic N) is 1. The molecule has 0 spiro atoms. The van der Waals surface area contributed by atoms with Gasteiger partial charge in [0.05, 0.1) is 25.1 Å². The molecule has 1 amide bonds. The van der Waals surface area contributed by atoms with Gasteiger partial charge in [0.25, 0.3) is 0 Å². The van der Waals surface area contributed by atoms with Crippen molar-refractivity contribution in [2.24, 2.45) is 5.92 Å². The van der Waals surface area contributed by atoms with Crippen LogP contribution in [0, 0.1) is 5.92 Å². The second kappa shape index (κ2) is 10.3. The van der Waals surface area contributed by atoms with E-state index in [0.29, 0.717) is 12.8 Å². The summed E-state index contributed by atoms with van der Waals surface area (Å²) in [6.45, 7) is 0.819. The number of carbonyl (C=O) groups is 2. The van der Waals surface area contributed by atoms with Crippen molar-refractivity contribution < 1.29 is 32.2 Å². The zero-order valence-corrected chi connectivity index (χ0v) is 15.7. The van der Waals surface area contributed by atoms with Crippen molar-refractivity contribution in [1.82, 2.24) is 10.2 Å². The molecule has 0 unspecified atom stereocenters. The van der Waals surface area contributed by atoms with Gasteiger partial charge in [-0.2, -0.15) is 13.2 Å². The highest BCUT2D eigenvalue weighted by atomic mass is 19.4. The van der Waals surface area contributed by atoms with E-state index in [2.05, 4.69) is 5.32 Å². The molecule has 1 aromatic carbocycles. The molecule has 2 rings (SSSR count). The van der Waals surface area contributed by atoms with Gasteiger partial charge in [-0.3, -0.25) is 9.69 Å². The highest BCUT2D eigenvalue weighted by Gasteiger charge is 2.38. The molecule has 1 aliphatic rings. The van der Waals surface area contributed by atoms with E-state index in [-0.39, 0.29) is 26.3 Å². The van der Waals surface area contributed by atoms with Gasteiger partial charge in [-0.1, -0.05) is 30.3 Å². The van der Waals surface area contributed by atoms with Gasteiger partial charge >= 0.3 is 18.2 Å². The highest BCUT2D eigenvalue weighted by molar-refractivity contribution is 5.75. The summed E-state index contributed by atoms with van der Waals surface area (Å²) in [7, 11) is 0. The summed E-state index contributed by atoms with van der Waals surface area (Å²) in [5.74, 6) is -1.24. The number of alkyl carbamates (subject to hydrolysis) is 1. The Balaban J connectivity index is 2.03. The number of hydrogen-bond donors (Lipinski definition) is 1. The van der Waals surface area contributed by atoms with Gasteiger partial charge in [0.2, 0.25) is 0 Å². The van der Waals surface area contributed by atoms with E-state index >= 15 is 0 Å². The third-order valence-corrected chi connectivity index (χ3v) is 4.44. The van der Waals surface area contributed by atoms with Crippen LogP contribution in [0.2, 0.25) is 0 Å². The van der Waals surface area contributed by atoms with Crippen LogP contribution in [-0.4, -0.2) is 55.4 Å². The summed E-state index contributed by atoms with van der Waals surface area (Å²) in [5.41, 5.74) is 0.777. The summed E-state index contributed by atoms with van der Waals surface area (Å²) < 4.78 is 48.6. The fraction of sp³-hybridized carbons (Fsp3) is 0.579. The molecule has 2 atom stereocenters. The maximum Gasteiger partial charge on any atom is 0.407 e. The van der Waals surface area contributed by atoms with Crippen molar-refractivity contribution in [3.63, 3.8) is 0 Å². The van der Waals surface area contributed by atoms with Gasteiger partial charge in [0.1, 0.15) is 6.61 Å². The van der Waals surface area contributed by atoms with Gasteiger partial charge in [-0.25, -0.2) is 4.79 Å². The predicted molar refractivity (Wildman–Crippen MR) is 95.4 cm³/mol. The first-order valence-corrected chi connectivity index (χ1v) is 9.21. The predicted octanol–water partition coefficient (Wildman–Crippen LogP) is 3.12. The number of carbonyl (C=O) groups excluding carboxylic acids is 2. The van der Waals surface area contributed by atoms with Crippen molar-refractivity contribution in [1.29, 1.82) is 0 Å². The second-order valence-corrected chi connectivity index (χ2v) is 6.66. The minimum atomic E-state index is -4.36. The fourth-order valence-electron chi connectivity index (χ4n) is 3.22. The minimum Gasteiger partial charge on any atom is -0.466 e. The lowest BCUT2D eigenvalue weighted by Gasteiger charge is -2.28. The third kappa shape index (κ3) is 7.38. The SMILES string of the molecule is CCOC(=O)[C@H]1CCCN(CC(F)(F)F)C[C@H]1NC(=O)OCc1ccccc1. The van der Waals surface area contributed by atoms with E-state index in [1.807, 2.05) is 6.07 Å². The van der Waals surface area contributed by atoms with Gasteiger partial charge in [-0.05, 0) is 31.9 Å². The molecule has 0 aromatic heterocycles. The van der Waals surface area contributed by atoms with Crippen molar-refractivity contribution in [2.75, 3.05) is 26.2 Å². The lowest BCUT2D eigenvalue weighted by molar-refractivity contribution is -0.150. The molecule has 1 aromatic rings. The van der Waals surface area contributed by atoms with Crippen LogP contribution in [0.1, 0.15) is 25.3 Å². The van der Waals surface area contributed by atoms with Gasteiger partial charge in [-0.15, -0.1) is 0 Å². The van der Waals surface area contributed by atoms with E-state index in [1.54, 1.807) is 31.2 Å². The smallest absolute Gasteiger partial charge is 0.407 e. The quantitative estimate of drug-likeness (QED) is 0.741. The van der Waals surface area contributed by atoms with Crippen molar-refractivity contribution in [3.05, 3.63) is 35.9 Å². The van der Waals surface area contributed by atoms with Crippen molar-refractivity contribution >= 4 is 12.1 Å².